The van der Waals surface area contributed by atoms with Gasteiger partial charge in [-0.1, -0.05) is 23.4 Å². The lowest BCUT2D eigenvalue weighted by molar-refractivity contribution is -0.123. The standard InChI is InChI=1S/C21H29N3O2S/c1-15(2)23-21(25)11-16-8-9-22-13-17(16)10-18-12-19(26-24-18)14-27-20-6-4-3-5-7-20/h3-7,12,15-17,22H,8-11,13-14H2,1-2H3,(H,23,25). The van der Waals surface area contributed by atoms with Crippen LogP contribution in [0.25, 0.3) is 0 Å². The molecule has 2 unspecified atom stereocenters. The van der Waals surface area contributed by atoms with Crippen molar-refractivity contribution in [3.8, 4) is 0 Å². The first kappa shape index (κ1) is 20.0. The van der Waals surface area contributed by atoms with Crippen molar-refractivity contribution >= 4 is 17.7 Å². The third-order valence-corrected chi connectivity index (χ3v) is 5.90. The summed E-state index contributed by atoms with van der Waals surface area (Å²) < 4.78 is 5.53. The number of aromatic nitrogens is 1. The van der Waals surface area contributed by atoms with Gasteiger partial charge in [-0.05, 0) is 63.7 Å². The molecule has 5 nitrogen and oxygen atoms in total. The summed E-state index contributed by atoms with van der Waals surface area (Å²) in [4.78, 5) is 13.4. The number of amides is 1. The molecule has 1 saturated heterocycles. The van der Waals surface area contributed by atoms with Gasteiger partial charge in [-0.25, -0.2) is 0 Å². The maximum absolute atomic E-state index is 12.2. The van der Waals surface area contributed by atoms with E-state index in [1.54, 1.807) is 11.8 Å². The molecule has 0 radical (unpaired) electrons. The highest BCUT2D eigenvalue weighted by Crippen LogP contribution is 2.27. The van der Waals surface area contributed by atoms with E-state index in [0.717, 1.165) is 43.1 Å². The molecule has 1 aromatic heterocycles. The van der Waals surface area contributed by atoms with E-state index < -0.39 is 0 Å². The van der Waals surface area contributed by atoms with Crippen LogP contribution in [0.3, 0.4) is 0 Å². The van der Waals surface area contributed by atoms with E-state index in [-0.39, 0.29) is 11.9 Å². The number of hydrogen-bond acceptors (Lipinski definition) is 5. The molecular weight excluding hydrogens is 358 g/mol. The summed E-state index contributed by atoms with van der Waals surface area (Å²) in [6.07, 6.45) is 2.48. The van der Waals surface area contributed by atoms with E-state index >= 15 is 0 Å². The summed E-state index contributed by atoms with van der Waals surface area (Å²) in [6, 6.07) is 12.6. The van der Waals surface area contributed by atoms with Crippen LogP contribution in [0, 0.1) is 11.8 Å². The Morgan fingerprint density at radius 3 is 2.93 bits per heavy atom. The zero-order valence-corrected chi connectivity index (χ0v) is 16.9. The quantitative estimate of drug-likeness (QED) is 0.677. The van der Waals surface area contributed by atoms with E-state index in [9.17, 15) is 4.79 Å². The number of nitrogens with one attached hydrogen (secondary N) is 2. The van der Waals surface area contributed by atoms with Crippen LogP contribution in [0.4, 0.5) is 0 Å². The summed E-state index contributed by atoms with van der Waals surface area (Å²) in [6.45, 7) is 5.92. The first-order valence-electron chi connectivity index (χ1n) is 9.72. The Hall–Kier alpha value is -1.79. The number of carbonyl (C=O) groups is 1. The molecule has 2 atom stereocenters. The summed E-state index contributed by atoms with van der Waals surface area (Å²) in [5, 5.41) is 10.7. The normalized spacial score (nSPS) is 20.0. The number of benzene rings is 1. The van der Waals surface area contributed by atoms with Crippen molar-refractivity contribution in [2.24, 2.45) is 11.8 Å². The van der Waals surface area contributed by atoms with Crippen LogP contribution in [0.15, 0.2) is 45.8 Å². The van der Waals surface area contributed by atoms with E-state index in [0.29, 0.717) is 18.3 Å². The third kappa shape index (κ3) is 6.40. The number of hydrogen-bond donors (Lipinski definition) is 2. The SMILES string of the molecule is CC(C)NC(=O)CC1CCNCC1Cc1cc(CSc2ccccc2)on1. The lowest BCUT2D eigenvalue weighted by atomic mass is 9.81. The summed E-state index contributed by atoms with van der Waals surface area (Å²) in [5.41, 5.74) is 0.988. The molecule has 2 N–H and O–H groups in total. The molecule has 146 valence electrons. The lowest BCUT2D eigenvalue weighted by Gasteiger charge is -2.31. The van der Waals surface area contributed by atoms with Crippen LogP contribution >= 0.6 is 11.8 Å². The molecule has 2 aromatic rings. The fraction of sp³-hybridized carbons (Fsp3) is 0.524. The topological polar surface area (TPSA) is 67.2 Å². The smallest absolute Gasteiger partial charge is 0.220 e. The Morgan fingerprint density at radius 1 is 1.33 bits per heavy atom. The maximum atomic E-state index is 12.2. The number of rotatable bonds is 8. The van der Waals surface area contributed by atoms with Gasteiger partial charge in [0.2, 0.25) is 5.91 Å². The first-order valence-corrected chi connectivity index (χ1v) is 10.7. The zero-order chi connectivity index (χ0) is 19.1. The monoisotopic (exact) mass is 387 g/mol. The van der Waals surface area contributed by atoms with Crippen molar-refractivity contribution < 1.29 is 9.32 Å². The molecule has 0 saturated carbocycles. The molecule has 1 aliphatic rings. The Labute approximate surface area is 165 Å². The fourth-order valence-corrected chi connectivity index (χ4v) is 4.36. The van der Waals surface area contributed by atoms with Crippen molar-refractivity contribution in [2.75, 3.05) is 13.1 Å². The average Bonchev–Trinajstić information content (AvgIpc) is 3.09. The van der Waals surface area contributed by atoms with Crippen LogP contribution in [-0.2, 0) is 17.0 Å². The second-order valence-corrected chi connectivity index (χ2v) is 8.58. The Bertz CT molecular complexity index is 717. The number of carbonyl (C=O) groups excluding carboxylic acids is 1. The predicted molar refractivity (Wildman–Crippen MR) is 109 cm³/mol. The van der Waals surface area contributed by atoms with Crippen molar-refractivity contribution in [1.82, 2.24) is 15.8 Å². The third-order valence-electron chi connectivity index (χ3n) is 4.87. The minimum atomic E-state index is 0.155. The van der Waals surface area contributed by atoms with Crippen molar-refractivity contribution in [2.45, 2.75) is 49.8 Å². The average molecular weight is 388 g/mol. The molecule has 27 heavy (non-hydrogen) atoms. The number of piperidine rings is 1. The van der Waals surface area contributed by atoms with E-state index in [2.05, 4.69) is 34.0 Å². The van der Waals surface area contributed by atoms with Gasteiger partial charge in [-0.15, -0.1) is 11.8 Å². The van der Waals surface area contributed by atoms with Crippen molar-refractivity contribution in [3.05, 3.63) is 47.9 Å². The Balaban J connectivity index is 1.53. The summed E-state index contributed by atoms with van der Waals surface area (Å²) in [7, 11) is 0. The number of nitrogens with zero attached hydrogens (tertiary/aromatic N) is 1. The second kappa shape index (κ2) is 9.95. The van der Waals surface area contributed by atoms with E-state index in [1.165, 1.54) is 4.90 Å². The first-order chi connectivity index (χ1) is 13.1. The lowest BCUT2D eigenvalue weighted by Crippen LogP contribution is -2.41. The van der Waals surface area contributed by atoms with Crippen molar-refractivity contribution in [3.63, 3.8) is 0 Å². The van der Waals surface area contributed by atoms with Crippen LogP contribution in [-0.4, -0.2) is 30.2 Å². The Kier molecular flexibility index (Phi) is 7.35. The molecule has 0 aliphatic carbocycles. The molecule has 1 amide bonds. The summed E-state index contributed by atoms with van der Waals surface area (Å²) >= 11 is 1.75. The van der Waals surface area contributed by atoms with Crippen LogP contribution < -0.4 is 10.6 Å². The van der Waals surface area contributed by atoms with Crippen LogP contribution in [0.2, 0.25) is 0 Å². The summed E-state index contributed by atoms with van der Waals surface area (Å²) in [5.74, 6) is 2.64. The van der Waals surface area contributed by atoms with Gasteiger partial charge in [0.25, 0.3) is 0 Å². The van der Waals surface area contributed by atoms with Gasteiger partial charge < -0.3 is 15.2 Å². The minimum absolute atomic E-state index is 0.155. The molecule has 1 aromatic carbocycles. The van der Waals surface area contributed by atoms with Gasteiger partial charge in [0.1, 0.15) is 5.76 Å². The van der Waals surface area contributed by atoms with Crippen LogP contribution in [0.5, 0.6) is 0 Å². The largest absolute Gasteiger partial charge is 0.360 e. The molecule has 3 rings (SSSR count). The van der Waals surface area contributed by atoms with E-state index in [4.69, 9.17) is 4.52 Å². The zero-order valence-electron chi connectivity index (χ0n) is 16.1. The van der Waals surface area contributed by atoms with E-state index in [1.807, 2.05) is 32.0 Å². The molecule has 2 heterocycles. The van der Waals surface area contributed by atoms with Gasteiger partial charge in [0.15, 0.2) is 0 Å². The fourth-order valence-electron chi connectivity index (χ4n) is 3.56. The molecule has 1 aliphatic heterocycles. The van der Waals surface area contributed by atoms with Crippen LogP contribution in [0.1, 0.15) is 38.1 Å². The van der Waals surface area contributed by atoms with Crippen molar-refractivity contribution in [1.29, 1.82) is 0 Å². The molecule has 0 spiro atoms. The highest BCUT2D eigenvalue weighted by molar-refractivity contribution is 7.98. The highest BCUT2D eigenvalue weighted by Gasteiger charge is 2.28. The molecule has 6 heteroatoms. The van der Waals surface area contributed by atoms with Gasteiger partial charge in [0.05, 0.1) is 11.4 Å². The highest BCUT2D eigenvalue weighted by atomic mass is 32.2. The molecule has 0 bridgehead atoms. The van der Waals surface area contributed by atoms with Gasteiger partial charge >= 0.3 is 0 Å². The molecule has 1 fully saturated rings. The van der Waals surface area contributed by atoms with Gasteiger partial charge in [-0.2, -0.15) is 0 Å². The van der Waals surface area contributed by atoms with Gasteiger partial charge in [-0.3, -0.25) is 4.79 Å². The van der Waals surface area contributed by atoms with Gasteiger partial charge in [0, 0.05) is 23.4 Å². The Morgan fingerprint density at radius 2 is 2.15 bits per heavy atom. The predicted octanol–water partition coefficient (Wildman–Crippen LogP) is 3.65. The minimum Gasteiger partial charge on any atom is -0.360 e. The maximum Gasteiger partial charge on any atom is 0.220 e. The second-order valence-electron chi connectivity index (χ2n) is 7.53. The number of thioether (sulfide) groups is 1. The molecular formula is C21H29N3O2S.